The molecule has 0 radical (unpaired) electrons. The van der Waals surface area contributed by atoms with Crippen molar-refractivity contribution in [2.45, 2.75) is 32.2 Å². The van der Waals surface area contributed by atoms with Gasteiger partial charge in [0, 0.05) is 23.0 Å². The monoisotopic (exact) mass is 484 g/mol. The molecule has 0 fully saturated rings. The average Bonchev–Trinajstić information content (AvgIpc) is 3.29. The molecule has 1 atom stereocenters. The van der Waals surface area contributed by atoms with E-state index < -0.39 is 0 Å². The van der Waals surface area contributed by atoms with Crippen molar-refractivity contribution in [1.29, 1.82) is 0 Å². The molecule has 1 aromatic heterocycles. The lowest BCUT2D eigenvalue weighted by molar-refractivity contribution is -0.141. The number of fused-ring (bicyclic) bond motifs is 1. The summed E-state index contributed by atoms with van der Waals surface area (Å²) >= 11 is 7.81. The van der Waals surface area contributed by atoms with Crippen molar-refractivity contribution in [3.05, 3.63) is 92.4 Å². The van der Waals surface area contributed by atoms with Crippen LogP contribution < -0.4 is 0 Å². The van der Waals surface area contributed by atoms with Gasteiger partial charge < -0.3 is 9.80 Å². The van der Waals surface area contributed by atoms with E-state index in [-0.39, 0.29) is 36.6 Å². The Balaban J connectivity index is 1.54. The summed E-state index contributed by atoms with van der Waals surface area (Å²) in [4.78, 5) is 31.3. The Morgan fingerprint density at radius 1 is 1.12 bits per heavy atom. The van der Waals surface area contributed by atoms with Crippen LogP contribution >= 0.6 is 22.9 Å². The van der Waals surface area contributed by atoms with Crippen molar-refractivity contribution < 1.29 is 14.0 Å². The number of amides is 2. The van der Waals surface area contributed by atoms with E-state index in [4.69, 9.17) is 11.6 Å². The van der Waals surface area contributed by atoms with E-state index >= 15 is 0 Å². The predicted octanol–water partition coefficient (Wildman–Crippen LogP) is 5.50. The highest BCUT2D eigenvalue weighted by molar-refractivity contribution is 7.10. The number of hydrogen-bond donors (Lipinski definition) is 0. The second-order valence-corrected chi connectivity index (χ2v) is 9.65. The Bertz CT molecular complexity index is 1110. The van der Waals surface area contributed by atoms with Gasteiger partial charge in [0.05, 0.1) is 19.0 Å². The van der Waals surface area contributed by atoms with E-state index in [9.17, 15) is 14.0 Å². The lowest BCUT2D eigenvalue weighted by Gasteiger charge is -2.37. The van der Waals surface area contributed by atoms with Crippen LogP contribution in [-0.4, -0.2) is 41.2 Å². The van der Waals surface area contributed by atoms with Crippen molar-refractivity contribution in [3.8, 4) is 0 Å². The first-order valence-corrected chi connectivity index (χ1v) is 12.4. The molecule has 0 aliphatic carbocycles. The fraction of sp³-hybridized carbons (Fsp3) is 0.308. The highest BCUT2D eigenvalue weighted by atomic mass is 35.5. The molecule has 0 saturated heterocycles. The SMILES string of the molecule is CCCN(CC(=O)N1CCc2sccc2C1c1ccc(Cl)cc1)C(=O)Cc1ccc(F)cc1. The van der Waals surface area contributed by atoms with Crippen molar-refractivity contribution in [1.82, 2.24) is 9.80 Å². The topological polar surface area (TPSA) is 40.6 Å². The zero-order valence-electron chi connectivity index (χ0n) is 18.5. The van der Waals surface area contributed by atoms with Crippen LogP contribution in [0.5, 0.6) is 0 Å². The van der Waals surface area contributed by atoms with E-state index in [1.54, 1.807) is 28.4 Å². The minimum atomic E-state index is -0.335. The molecular formula is C26H26ClFN2O2S. The molecule has 2 amide bonds. The van der Waals surface area contributed by atoms with Crippen LogP contribution in [0.25, 0.3) is 0 Å². The van der Waals surface area contributed by atoms with Crippen LogP contribution in [0.2, 0.25) is 5.02 Å². The molecule has 2 heterocycles. The van der Waals surface area contributed by atoms with E-state index in [2.05, 4.69) is 11.4 Å². The molecule has 3 aromatic rings. The number of carbonyl (C=O) groups is 2. The lowest BCUT2D eigenvalue weighted by atomic mass is 9.93. The molecule has 1 aliphatic heterocycles. The van der Waals surface area contributed by atoms with Gasteiger partial charge in [-0.3, -0.25) is 9.59 Å². The lowest BCUT2D eigenvalue weighted by Crippen LogP contribution is -2.47. The minimum absolute atomic E-state index is 0.0252. The van der Waals surface area contributed by atoms with Gasteiger partial charge in [0.15, 0.2) is 0 Å². The zero-order chi connectivity index (χ0) is 23.4. The van der Waals surface area contributed by atoms with Crippen LogP contribution in [0.1, 0.15) is 41.0 Å². The summed E-state index contributed by atoms with van der Waals surface area (Å²) in [6.45, 7) is 3.11. The maximum absolute atomic E-state index is 13.5. The van der Waals surface area contributed by atoms with Crippen LogP contribution in [0, 0.1) is 5.82 Å². The number of thiophene rings is 1. The number of carbonyl (C=O) groups excluding carboxylic acids is 2. The normalized spacial score (nSPS) is 15.2. The van der Waals surface area contributed by atoms with Gasteiger partial charge in [-0.2, -0.15) is 0 Å². The first kappa shape index (κ1) is 23.5. The van der Waals surface area contributed by atoms with Crippen molar-refractivity contribution in [2.75, 3.05) is 19.6 Å². The number of halogens is 2. The molecule has 0 spiro atoms. The van der Waals surface area contributed by atoms with Gasteiger partial charge in [-0.25, -0.2) is 4.39 Å². The summed E-state index contributed by atoms with van der Waals surface area (Å²) in [5.74, 6) is -0.543. The van der Waals surface area contributed by atoms with Gasteiger partial charge in [0.2, 0.25) is 11.8 Å². The second kappa shape index (κ2) is 10.5. The van der Waals surface area contributed by atoms with Crippen molar-refractivity contribution in [2.24, 2.45) is 0 Å². The summed E-state index contributed by atoms with van der Waals surface area (Å²) in [6.07, 6.45) is 1.70. The fourth-order valence-electron chi connectivity index (χ4n) is 4.29. The molecule has 1 aliphatic rings. The Labute approximate surface area is 202 Å². The molecule has 1 unspecified atom stereocenters. The molecule has 0 saturated carbocycles. The highest BCUT2D eigenvalue weighted by Crippen LogP contribution is 2.38. The van der Waals surface area contributed by atoms with Gasteiger partial charge in [0.25, 0.3) is 0 Å². The number of nitrogens with zero attached hydrogens (tertiary/aromatic N) is 2. The smallest absolute Gasteiger partial charge is 0.242 e. The predicted molar refractivity (Wildman–Crippen MR) is 130 cm³/mol. The molecule has 4 nitrogen and oxygen atoms in total. The fourth-order valence-corrected chi connectivity index (χ4v) is 5.32. The standard InChI is InChI=1S/C26H26ClFN2O2S/c1-2-13-29(24(31)16-18-3-9-21(28)10-4-18)17-25(32)30-14-11-23-22(12-15-33-23)26(30)19-5-7-20(27)8-6-19/h3-10,12,15,26H,2,11,13-14,16-17H2,1H3. The van der Waals surface area contributed by atoms with E-state index in [0.717, 1.165) is 29.5 Å². The third-order valence-corrected chi connectivity index (χ3v) is 7.16. The number of rotatable bonds is 7. The molecule has 0 bridgehead atoms. The van der Waals surface area contributed by atoms with Gasteiger partial charge in [-0.05, 0) is 65.2 Å². The maximum atomic E-state index is 13.5. The summed E-state index contributed by atoms with van der Waals surface area (Å²) in [5, 5.41) is 2.72. The Morgan fingerprint density at radius 3 is 2.55 bits per heavy atom. The molecular weight excluding hydrogens is 459 g/mol. The van der Waals surface area contributed by atoms with E-state index in [1.165, 1.54) is 17.0 Å². The number of hydrogen-bond acceptors (Lipinski definition) is 3. The largest absolute Gasteiger partial charge is 0.333 e. The first-order valence-electron chi connectivity index (χ1n) is 11.1. The van der Waals surface area contributed by atoms with Crippen LogP contribution in [-0.2, 0) is 22.4 Å². The Hall–Kier alpha value is -2.70. The Kier molecular flexibility index (Phi) is 7.46. The molecule has 7 heteroatoms. The van der Waals surface area contributed by atoms with Gasteiger partial charge in [-0.1, -0.05) is 42.8 Å². The summed E-state index contributed by atoms with van der Waals surface area (Å²) in [7, 11) is 0. The first-order chi connectivity index (χ1) is 16.0. The zero-order valence-corrected chi connectivity index (χ0v) is 20.0. The summed E-state index contributed by atoms with van der Waals surface area (Å²) in [5.41, 5.74) is 2.88. The van der Waals surface area contributed by atoms with Gasteiger partial charge in [0.1, 0.15) is 5.82 Å². The Morgan fingerprint density at radius 2 is 1.85 bits per heavy atom. The van der Waals surface area contributed by atoms with Crippen molar-refractivity contribution in [3.63, 3.8) is 0 Å². The van der Waals surface area contributed by atoms with E-state index in [1.807, 2.05) is 36.1 Å². The average molecular weight is 485 g/mol. The second-order valence-electron chi connectivity index (χ2n) is 8.21. The minimum Gasteiger partial charge on any atom is -0.333 e. The molecule has 172 valence electrons. The summed E-state index contributed by atoms with van der Waals surface area (Å²) < 4.78 is 13.2. The van der Waals surface area contributed by atoms with Crippen LogP contribution in [0.3, 0.4) is 0 Å². The van der Waals surface area contributed by atoms with Gasteiger partial charge >= 0.3 is 0 Å². The van der Waals surface area contributed by atoms with Crippen LogP contribution in [0.4, 0.5) is 4.39 Å². The van der Waals surface area contributed by atoms with Crippen molar-refractivity contribution >= 4 is 34.8 Å². The van der Waals surface area contributed by atoms with E-state index in [0.29, 0.717) is 18.1 Å². The molecule has 2 aromatic carbocycles. The van der Waals surface area contributed by atoms with Crippen LogP contribution in [0.15, 0.2) is 60.0 Å². The molecule has 0 N–H and O–H groups in total. The quantitative estimate of drug-likeness (QED) is 0.444. The molecule has 4 rings (SSSR count). The summed E-state index contributed by atoms with van der Waals surface area (Å²) in [6, 6.07) is 15.4. The van der Waals surface area contributed by atoms with Gasteiger partial charge in [-0.15, -0.1) is 11.3 Å². The molecule has 33 heavy (non-hydrogen) atoms. The third-order valence-electron chi connectivity index (χ3n) is 5.91. The maximum Gasteiger partial charge on any atom is 0.242 e. The highest BCUT2D eigenvalue weighted by Gasteiger charge is 2.33. The number of benzene rings is 2. The third kappa shape index (κ3) is 5.45.